The molecule has 0 aliphatic carbocycles. The summed E-state index contributed by atoms with van der Waals surface area (Å²) in [6, 6.07) is 13.6. The maximum Gasteiger partial charge on any atom is 0.322 e. The van der Waals surface area contributed by atoms with Crippen LogP contribution in [0.2, 0.25) is 0 Å². The quantitative estimate of drug-likeness (QED) is 0.241. The Bertz CT molecular complexity index is 1720. The number of carbonyl (C=O) groups excluding carboxylic acids is 1. The van der Waals surface area contributed by atoms with Crippen LogP contribution in [0, 0.1) is 19.7 Å². The molecule has 40 heavy (non-hydrogen) atoms. The molecule has 0 spiro atoms. The summed E-state index contributed by atoms with van der Waals surface area (Å²) < 4.78 is 22.5. The summed E-state index contributed by atoms with van der Waals surface area (Å²) in [4.78, 5) is 29.3. The fraction of sp³-hybridized carbons (Fsp3) is 0.103. The van der Waals surface area contributed by atoms with Crippen molar-refractivity contribution in [1.82, 2.24) is 29.7 Å². The zero-order valence-electron chi connectivity index (χ0n) is 22.0. The van der Waals surface area contributed by atoms with Gasteiger partial charge in [0.15, 0.2) is 11.6 Å². The number of halogens is 1. The van der Waals surface area contributed by atoms with E-state index in [0.717, 1.165) is 5.56 Å². The molecule has 0 aliphatic heterocycles. The van der Waals surface area contributed by atoms with Crippen molar-refractivity contribution in [3.63, 3.8) is 0 Å². The summed E-state index contributed by atoms with van der Waals surface area (Å²) >= 11 is 0. The number of hydrogen-bond donors (Lipinski definition) is 2. The number of nitrogens with one attached hydrogen (secondary N) is 2. The monoisotopic (exact) mass is 536 g/mol. The number of benzene rings is 2. The highest BCUT2D eigenvalue weighted by molar-refractivity contribution is 5.99. The number of ether oxygens (including phenoxy) is 1. The van der Waals surface area contributed by atoms with Crippen LogP contribution in [0.3, 0.4) is 0 Å². The minimum atomic E-state index is -0.590. The number of anilines is 3. The molecule has 0 fully saturated rings. The number of amides is 1. The fourth-order valence-electron chi connectivity index (χ4n) is 4.02. The van der Waals surface area contributed by atoms with Crippen LogP contribution in [0.1, 0.15) is 11.4 Å². The molecule has 2 N–H and O–H groups in total. The molecule has 3 aromatic heterocycles. The standard InChI is InChI=1S/C29H25FN8O2/c1-5-25(39)35-21-9-6-19(7-10-21)27-26(18(3)34-28(37-27)36-22-15-32-38(4)16-22)20-8-11-24(23(30)14-20)40-29-31-13-12-17(2)33-29/h5-16H,1H2,2-4H3,(H,35,39)(H,34,36,37). The molecule has 200 valence electrons. The van der Waals surface area contributed by atoms with Crippen molar-refractivity contribution < 1.29 is 13.9 Å². The van der Waals surface area contributed by atoms with E-state index in [2.05, 4.69) is 37.3 Å². The molecule has 3 heterocycles. The first-order chi connectivity index (χ1) is 19.3. The van der Waals surface area contributed by atoms with Gasteiger partial charge in [-0.3, -0.25) is 9.48 Å². The van der Waals surface area contributed by atoms with Crippen LogP contribution in [0.4, 0.5) is 21.7 Å². The molecule has 0 bridgehead atoms. The number of aryl methyl sites for hydroxylation is 3. The van der Waals surface area contributed by atoms with Crippen LogP contribution in [-0.4, -0.2) is 35.6 Å². The van der Waals surface area contributed by atoms with E-state index in [1.54, 1.807) is 54.5 Å². The molecule has 0 aliphatic rings. The lowest BCUT2D eigenvalue weighted by Gasteiger charge is -2.16. The lowest BCUT2D eigenvalue weighted by Crippen LogP contribution is -2.07. The van der Waals surface area contributed by atoms with Crippen molar-refractivity contribution in [1.29, 1.82) is 0 Å². The van der Waals surface area contributed by atoms with E-state index in [1.807, 2.05) is 26.1 Å². The van der Waals surface area contributed by atoms with E-state index in [9.17, 15) is 4.79 Å². The Balaban J connectivity index is 1.55. The Morgan fingerprint density at radius 1 is 1.02 bits per heavy atom. The maximum absolute atomic E-state index is 15.3. The number of aromatic nitrogens is 6. The minimum absolute atomic E-state index is 0.00773. The summed E-state index contributed by atoms with van der Waals surface area (Å²) in [6.45, 7) is 7.10. The highest BCUT2D eigenvalue weighted by Gasteiger charge is 2.18. The summed E-state index contributed by atoms with van der Waals surface area (Å²) in [5.41, 5.74) is 5.13. The van der Waals surface area contributed by atoms with Crippen molar-refractivity contribution in [2.45, 2.75) is 13.8 Å². The lowest BCUT2D eigenvalue weighted by atomic mass is 9.97. The molecule has 1 amide bonds. The van der Waals surface area contributed by atoms with Crippen molar-refractivity contribution >= 4 is 23.2 Å². The van der Waals surface area contributed by atoms with Crippen molar-refractivity contribution in [2.75, 3.05) is 10.6 Å². The smallest absolute Gasteiger partial charge is 0.322 e. The Hall–Kier alpha value is -5.45. The van der Waals surface area contributed by atoms with Gasteiger partial charge in [0.2, 0.25) is 11.9 Å². The van der Waals surface area contributed by atoms with Crippen LogP contribution in [0.15, 0.2) is 79.8 Å². The first kappa shape index (κ1) is 26.2. The molecule has 0 atom stereocenters. The van der Waals surface area contributed by atoms with Crippen LogP contribution < -0.4 is 15.4 Å². The van der Waals surface area contributed by atoms with Gasteiger partial charge in [0.05, 0.1) is 23.3 Å². The summed E-state index contributed by atoms with van der Waals surface area (Å²) in [5.74, 6) is -0.562. The van der Waals surface area contributed by atoms with Crippen molar-refractivity contribution in [3.05, 3.63) is 97.0 Å². The molecule has 0 saturated carbocycles. The first-order valence-electron chi connectivity index (χ1n) is 12.2. The summed E-state index contributed by atoms with van der Waals surface area (Å²) in [6.07, 6.45) is 6.21. The third-order valence-corrected chi connectivity index (χ3v) is 5.86. The van der Waals surface area contributed by atoms with Gasteiger partial charge < -0.3 is 15.4 Å². The molecular formula is C29H25FN8O2. The number of hydrogen-bond acceptors (Lipinski definition) is 8. The second-order valence-corrected chi connectivity index (χ2v) is 8.88. The maximum atomic E-state index is 15.3. The van der Waals surface area contributed by atoms with E-state index >= 15 is 4.39 Å². The largest absolute Gasteiger partial charge is 0.421 e. The zero-order chi connectivity index (χ0) is 28.2. The normalized spacial score (nSPS) is 10.7. The predicted octanol–water partition coefficient (Wildman–Crippen LogP) is 5.75. The molecule has 0 saturated heterocycles. The van der Waals surface area contributed by atoms with Gasteiger partial charge in [0, 0.05) is 41.9 Å². The van der Waals surface area contributed by atoms with Crippen LogP contribution in [0.25, 0.3) is 22.4 Å². The summed E-state index contributed by atoms with van der Waals surface area (Å²) in [7, 11) is 1.81. The molecule has 10 nitrogen and oxygen atoms in total. The van der Waals surface area contributed by atoms with E-state index in [1.165, 1.54) is 18.2 Å². The van der Waals surface area contributed by atoms with Gasteiger partial charge in [-0.25, -0.2) is 24.3 Å². The van der Waals surface area contributed by atoms with Crippen LogP contribution >= 0.6 is 0 Å². The minimum Gasteiger partial charge on any atom is -0.421 e. The lowest BCUT2D eigenvalue weighted by molar-refractivity contribution is -0.111. The second-order valence-electron chi connectivity index (χ2n) is 8.88. The Labute approximate surface area is 229 Å². The molecule has 0 unspecified atom stereocenters. The van der Waals surface area contributed by atoms with Crippen molar-refractivity contribution in [2.24, 2.45) is 7.05 Å². The SMILES string of the molecule is C=CC(=O)Nc1ccc(-c2nc(Nc3cnn(C)c3)nc(C)c2-c2ccc(Oc3nccc(C)n3)c(F)c2)cc1. The summed E-state index contributed by atoms with van der Waals surface area (Å²) in [5, 5.41) is 10.1. The predicted molar refractivity (Wildman–Crippen MR) is 150 cm³/mol. The molecule has 5 rings (SSSR count). The third-order valence-electron chi connectivity index (χ3n) is 5.86. The highest BCUT2D eigenvalue weighted by atomic mass is 19.1. The van der Waals surface area contributed by atoms with E-state index in [4.69, 9.17) is 9.72 Å². The topological polar surface area (TPSA) is 120 Å². The first-order valence-corrected chi connectivity index (χ1v) is 12.2. The Kier molecular flexibility index (Phi) is 7.27. The van der Waals surface area contributed by atoms with Gasteiger partial charge in [-0.1, -0.05) is 24.8 Å². The van der Waals surface area contributed by atoms with E-state index < -0.39 is 5.82 Å². The van der Waals surface area contributed by atoms with Crippen LogP contribution in [0.5, 0.6) is 11.8 Å². The van der Waals surface area contributed by atoms with Crippen molar-refractivity contribution in [3.8, 4) is 34.1 Å². The molecule has 5 aromatic rings. The van der Waals surface area contributed by atoms with E-state index in [-0.39, 0.29) is 17.7 Å². The van der Waals surface area contributed by atoms with Gasteiger partial charge in [0.1, 0.15) is 0 Å². The molecule has 2 aromatic carbocycles. The average Bonchev–Trinajstić information content (AvgIpc) is 3.34. The molecule has 0 radical (unpaired) electrons. The second kappa shape index (κ2) is 11.1. The highest BCUT2D eigenvalue weighted by Crippen LogP contribution is 2.36. The number of nitrogens with zero attached hydrogens (tertiary/aromatic N) is 6. The average molecular weight is 537 g/mol. The van der Waals surface area contributed by atoms with Gasteiger partial charge >= 0.3 is 6.01 Å². The number of rotatable bonds is 8. The molecule has 11 heteroatoms. The third kappa shape index (κ3) is 5.83. The van der Waals surface area contributed by atoms with Gasteiger partial charge in [-0.2, -0.15) is 5.10 Å². The fourth-order valence-corrected chi connectivity index (χ4v) is 4.02. The van der Waals surface area contributed by atoms with E-state index in [0.29, 0.717) is 45.5 Å². The van der Waals surface area contributed by atoms with Gasteiger partial charge in [0.25, 0.3) is 0 Å². The molecular weight excluding hydrogens is 511 g/mol. The number of carbonyl (C=O) groups is 1. The van der Waals surface area contributed by atoms with Gasteiger partial charge in [-0.15, -0.1) is 0 Å². The van der Waals surface area contributed by atoms with Crippen LogP contribution in [-0.2, 0) is 11.8 Å². The Morgan fingerprint density at radius 3 is 2.48 bits per heavy atom. The Morgan fingerprint density at radius 2 is 1.80 bits per heavy atom. The van der Waals surface area contributed by atoms with Gasteiger partial charge in [-0.05, 0) is 55.8 Å². The zero-order valence-corrected chi connectivity index (χ0v) is 22.0.